The first-order valence-electron chi connectivity index (χ1n) is 8.30. The number of hydrogen-bond acceptors (Lipinski definition) is 5. The number of hydrogen-bond donors (Lipinski definition) is 2. The van der Waals surface area contributed by atoms with E-state index in [2.05, 4.69) is 27.5 Å². The van der Waals surface area contributed by atoms with Gasteiger partial charge in [-0.25, -0.2) is 4.98 Å². The molecule has 2 N–H and O–H groups in total. The van der Waals surface area contributed by atoms with Crippen molar-refractivity contribution in [1.29, 1.82) is 0 Å². The van der Waals surface area contributed by atoms with E-state index in [-0.39, 0.29) is 5.60 Å². The number of rotatable bonds is 8. The summed E-state index contributed by atoms with van der Waals surface area (Å²) in [5, 5.41) is 6.60. The summed E-state index contributed by atoms with van der Waals surface area (Å²) in [6.07, 6.45) is 3.99. The molecule has 134 valence electrons. The summed E-state index contributed by atoms with van der Waals surface area (Å²) in [5.41, 5.74) is 0.959. The summed E-state index contributed by atoms with van der Waals surface area (Å²) >= 11 is 0. The molecule has 24 heavy (non-hydrogen) atoms. The molecule has 1 aliphatic rings. The maximum Gasteiger partial charge on any atom is 0.213 e. The van der Waals surface area contributed by atoms with Crippen molar-refractivity contribution in [2.75, 3.05) is 40.5 Å². The van der Waals surface area contributed by atoms with Crippen LogP contribution in [0.3, 0.4) is 0 Å². The molecule has 1 aromatic rings. The molecule has 0 radical (unpaired) electrons. The predicted octanol–water partition coefficient (Wildman–Crippen LogP) is 1.34. The molecule has 0 saturated carbocycles. The number of pyridine rings is 1. The number of methoxy groups -OCH3 is 1. The molecule has 1 aliphatic heterocycles. The Balaban J connectivity index is 1.74. The topological polar surface area (TPSA) is 77.0 Å². The average molecular weight is 336 g/mol. The zero-order chi connectivity index (χ0) is 17.3. The summed E-state index contributed by atoms with van der Waals surface area (Å²) in [6.45, 7) is 5.41. The van der Waals surface area contributed by atoms with Gasteiger partial charge in [0.1, 0.15) is 6.61 Å². The Morgan fingerprint density at radius 1 is 1.38 bits per heavy atom. The second-order valence-electron chi connectivity index (χ2n) is 6.03. The van der Waals surface area contributed by atoms with Crippen molar-refractivity contribution in [3.05, 3.63) is 23.9 Å². The van der Waals surface area contributed by atoms with Gasteiger partial charge in [0.15, 0.2) is 5.96 Å². The summed E-state index contributed by atoms with van der Waals surface area (Å²) in [4.78, 5) is 8.52. The standard InChI is InChI=1S/C17H28N4O3/c1-17(7-4-8-24-17)13-21-16(18-2)20-12-14-5-6-15(19-11-14)23-10-9-22-3/h5-6,11H,4,7-10,12-13H2,1-3H3,(H2,18,20,21). The Morgan fingerprint density at radius 3 is 2.88 bits per heavy atom. The molecule has 1 fully saturated rings. The first-order chi connectivity index (χ1) is 11.6. The van der Waals surface area contributed by atoms with Gasteiger partial charge >= 0.3 is 0 Å². The Kier molecular flexibility index (Phi) is 7.27. The van der Waals surface area contributed by atoms with E-state index in [0.29, 0.717) is 25.6 Å². The van der Waals surface area contributed by atoms with Crippen LogP contribution in [0.25, 0.3) is 0 Å². The van der Waals surface area contributed by atoms with Crippen LogP contribution in [0.5, 0.6) is 5.88 Å². The number of nitrogens with one attached hydrogen (secondary N) is 2. The molecule has 0 amide bonds. The average Bonchev–Trinajstić information content (AvgIpc) is 3.03. The summed E-state index contributed by atoms with van der Waals surface area (Å²) in [6, 6.07) is 3.84. The summed E-state index contributed by atoms with van der Waals surface area (Å²) in [5.74, 6) is 1.36. The third-order valence-corrected chi connectivity index (χ3v) is 3.95. The highest BCUT2D eigenvalue weighted by Gasteiger charge is 2.29. The number of nitrogens with zero attached hydrogens (tertiary/aromatic N) is 2. The number of aliphatic imine (C=N–C) groups is 1. The minimum atomic E-state index is -0.0969. The van der Waals surface area contributed by atoms with Crippen LogP contribution in [0, 0.1) is 0 Å². The van der Waals surface area contributed by atoms with Gasteiger partial charge in [-0.05, 0) is 25.3 Å². The van der Waals surface area contributed by atoms with Crippen LogP contribution < -0.4 is 15.4 Å². The lowest BCUT2D eigenvalue weighted by Gasteiger charge is -2.24. The molecule has 0 aliphatic carbocycles. The zero-order valence-corrected chi connectivity index (χ0v) is 14.8. The highest BCUT2D eigenvalue weighted by Crippen LogP contribution is 2.23. The minimum absolute atomic E-state index is 0.0969. The number of guanidine groups is 1. The van der Waals surface area contributed by atoms with E-state index in [4.69, 9.17) is 14.2 Å². The van der Waals surface area contributed by atoms with Gasteiger partial charge in [-0.1, -0.05) is 6.07 Å². The van der Waals surface area contributed by atoms with Crippen LogP contribution in [0.15, 0.2) is 23.3 Å². The molecule has 7 nitrogen and oxygen atoms in total. The van der Waals surface area contributed by atoms with Crippen molar-refractivity contribution in [2.24, 2.45) is 4.99 Å². The molecule has 0 bridgehead atoms. The Bertz CT molecular complexity index is 513. The van der Waals surface area contributed by atoms with Crippen LogP contribution in [-0.2, 0) is 16.0 Å². The van der Waals surface area contributed by atoms with Crippen molar-refractivity contribution in [3.63, 3.8) is 0 Å². The van der Waals surface area contributed by atoms with Gasteiger partial charge in [0, 0.05) is 46.1 Å². The van der Waals surface area contributed by atoms with E-state index >= 15 is 0 Å². The lowest BCUT2D eigenvalue weighted by Crippen LogP contribution is -2.45. The molecular formula is C17H28N4O3. The lowest BCUT2D eigenvalue weighted by atomic mass is 10.0. The Hall–Kier alpha value is -1.86. The molecule has 2 rings (SSSR count). The molecule has 1 atom stereocenters. The molecule has 1 aromatic heterocycles. The van der Waals surface area contributed by atoms with Crippen LogP contribution in [-0.4, -0.2) is 57.1 Å². The monoisotopic (exact) mass is 336 g/mol. The van der Waals surface area contributed by atoms with E-state index < -0.39 is 0 Å². The van der Waals surface area contributed by atoms with Crippen molar-refractivity contribution >= 4 is 5.96 Å². The van der Waals surface area contributed by atoms with Crippen LogP contribution in [0.4, 0.5) is 0 Å². The van der Waals surface area contributed by atoms with Gasteiger partial charge in [0.25, 0.3) is 0 Å². The fraction of sp³-hybridized carbons (Fsp3) is 0.647. The normalized spacial score (nSPS) is 20.9. The number of aromatic nitrogens is 1. The Labute approximate surface area is 143 Å². The third-order valence-electron chi connectivity index (χ3n) is 3.95. The number of ether oxygens (including phenoxy) is 3. The van der Waals surface area contributed by atoms with E-state index in [1.807, 2.05) is 12.1 Å². The van der Waals surface area contributed by atoms with E-state index in [1.165, 1.54) is 0 Å². The van der Waals surface area contributed by atoms with Crippen LogP contribution >= 0.6 is 0 Å². The van der Waals surface area contributed by atoms with Crippen LogP contribution in [0.1, 0.15) is 25.3 Å². The van der Waals surface area contributed by atoms with Crippen molar-refractivity contribution in [1.82, 2.24) is 15.6 Å². The van der Waals surface area contributed by atoms with Gasteiger partial charge in [-0.3, -0.25) is 4.99 Å². The van der Waals surface area contributed by atoms with Gasteiger partial charge in [-0.15, -0.1) is 0 Å². The zero-order valence-electron chi connectivity index (χ0n) is 14.8. The van der Waals surface area contributed by atoms with Crippen molar-refractivity contribution in [2.45, 2.75) is 31.9 Å². The highest BCUT2D eigenvalue weighted by molar-refractivity contribution is 5.79. The third kappa shape index (κ3) is 5.98. The summed E-state index contributed by atoms with van der Waals surface area (Å²) in [7, 11) is 3.41. The molecule has 0 aromatic carbocycles. The molecule has 0 spiro atoms. The van der Waals surface area contributed by atoms with Crippen molar-refractivity contribution < 1.29 is 14.2 Å². The fourth-order valence-corrected chi connectivity index (χ4v) is 2.48. The maximum absolute atomic E-state index is 5.77. The Morgan fingerprint density at radius 2 is 2.25 bits per heavy atom. The smallest absolute Gasteiger partial charge is 0.213 e. The van der Waals surface area contributed by atoms with E-state index in [0.717, 1.165) is 37.5 Å². The SMILES string of the molecule is CN=C(NCc1ccc(OCCOC)nc1)NCC1(C)CCCO1. The first kappa shape index (κ1) is 18.5. The second-order valence-corrected chi connectivity index (χ2v) is 6.03. The lowest BCUT2D eigenvalue weighted by molar-refractivity contribution is 0.0243. The van der Waals surface area contributed by atoms with Gasteiger partial charge in [0.2, 0.25) is 5.88 Å². The minimum Gasteiger partial charge on any atom is -0.475 e. The predicted molar refractivity (Wildman–Crippen MR) is 93.4 cm³/mol. The maximum atomic E-state index is 5.77. The fourth-order valence-electron chi connectivity index (χ4n) is 2.48. The van der Waals surface area contributed by atoms with E-state index in [1.54, 1.807) is 20.4 Å². The molecular weight excluding hydrogens is 308 g/mol. The molecule has 7 heteroatoms. The van der Waals surface area contributed by atoms with Gasteiger partial charge < -0.3 is 24.8 Å². The summed E-state index contributed by atoms with van der Waals surface area (Å²) < 4.78 is 16.2. The molecule has 1 saturated heterocycles. The van der Waals surface area contributed by atoms with Crippen LogP contribution in [0.2, 0.25) is 0 Å². The quantitative estimate of drug-likeness (QED) is 0.424. The molecule has 1 unspecified atom stereocenters. The van der Waals surface area contributed by atoms with E-state index in [9.17, 15) is 0 Å². The van der Waals surface area contributed by atoms with Crippen molar-refractivity contribution in [3.8, 4) is 5.88 Å². The second kappa shape index (κ2) is 9.44. The van der Waals surface area contributed by atoms with Gasteiger partial charge in [-0.2, -0.15) is 0 Å². The molecule has 2 heterocycles. The highest BCUT2D eigenvalue weighted by atomic mass is 16.5. The largest absolute Gasteiger partial charge is 0.475 e. The first-order valence-corrected chi connectivity index (χ1v) is 8.30. The van der Waals surface area contributed by atoms with Gasteiger partial charge in [0.05, 0.1) is 12.2 Å².